The van der Waals surface area contributed by atoms with Gasteiger partial charge < -0.3 is 15.0 Å². The van der Waals surface area contributed by atoms with E-state index in [2.05, 4.69) is 9.97 Å². The third-order valence-corrected chi connectivity index (χ3v) is 3.85. The summed E-state index contributed by atoms with van der Waals surface area (Å²) in [4.78, 5) is 21.0. The van der Waals surface area contributed by atoms with Gasteiger partial charge in [0, 0.05) is 24.2 Å². The van der Waals surface area contributed by atoms with E-state index in [9.17, 15) is 4.79 Å². The molecule has 0 saturated carbocycles. The van der Waals surface area contributed by atoms with Crippen molar-refractivity contribution in [2.24, 2.45) is 0 Å². The minimum absolute atomic E-state index is 0.0545. The number of thiazole rings is 1. The predicted octanol–water partition coefficient (Wildman–Crippen LogP) is 1.90. The van der Waals surface area contributed by atoms with Crippen molar-refractivity contribution < 1.29 is 9.90 Å². The first-order valence-electron chi connectivity index (χ1n) is 6.02. The molecule has 0 fully saturated rings. The Morgan fingerprint density at radius 1 is 1.63 bits per heavy atom. The number of hydrogen-bond acceptors (Lipinski definition) is 4. The van der Waals surface area contributed by atoms with E-state index >= 15 is 0 Å². The van der Waals surface area contributed by atoms with Crippen LogP contribution in [0.4, 0.5) is 0 Å². The largest absolute Gasteiger partial charge is 0.394 e. The highest BCUT2D eigenvalue weighted by molar-refractivity contribution is 7.09. The molecule has 0 aromatic carbocycles. The lowest BCUT2D eigenvalue weighted by Crippen LogP contribution is -2.37. The van der Waals surface area contributed by atoms with Crippen molar-refractivity contribution in [2.75, 3.05) is 13.7 Å². The third kappa shape index (κ3) is 2.85. The average molecular weight is 279 g/mol. The maximum absolute atomic E-state index is 12.2. The van der Waals surface area contributed by atoms with Gasteiger partial charge in [-0.25, -0.2) is 4.98 Å². The van der Waals surface area contributed by atoms with Crippen molar-refractivity contribution >= 4 is 17.2 Å². The summed E-state index contributed by atoms with van der Waals surface area (Å²) in [7, 11) is 1.68. The van der Waals surface area contributed by atoms with Gasteiger partial charge in [-0.05, 0) is 19.9 Å². The Morgan fingerprint density at radius 3 is 2.95 bits per heavy atom. The summed E-state index contributed by atoms with van der Waals surface area (Å²) in [5, 5.41) is 12.0. The van der Waals surface area contributed by atoms with Gasteiger partial charge in [-0.2, -0.15) is 0 Å². The number of aliphatic hydroxyl groups is 1. The van der Waals surface area contributed by atoms with Crippen LogP contribution >= 0.6 is 11.3 Å². The smallest absolute Gasteiger partial charge is 0.270 e. The van der Waals surface area contributed by atoms with Crippen LogP contribution in [0.15, 0.2) is 17.6 Å². The quantitative estimate of drug-likeness (QED) is 0.898. The highest BCUT2D eigenvalue weighted by Crippen LogP contribution is 2.22. The van der Waals surface area contributed by atoms with Crippen LogP contribution in [-0.2, 0) is 0 Å². The Bertz CT molecular complexity index is 576. The maximum Gasteiger partial charge on any atom is 0.270 e. The van der Waals surface area contributed by atoms with Crippen LogP contribution in [0.1, 0.15) is 22.4 Å². The van der Waals surface area contributed by atoms with Gasteiger partial charge in [0.1, 0.15) is 5.69 Å². The second-order valence-electron chi connectivity index (χ2n) is 4.50. The summed E-state index contributed by atoms with van der Waals surface area (Å²) in [6.07, 6.45) is 1.78. The van der Waals surface area contributed by atoms with Gasteiger partial charge in [0.25, 0.3) is 5.91 Å². The molecule has 0 aliphatic rings. The summed E-state index contributed by atoms with van der Waals surface area (Å²) >= 11 is 1.58. The molecule has 1 atom stereocenters. The fourth-order valence-corrected chi connectivity index (χ4v) is 2.30. The summed E-state index contributed by atoms with van der Waals surface area (Å²) < 4.78 is 0. The number of amides is 1. The number of rotatable bonds is 4. The van der Waals surface area contributed by atoms with E-state index in [1.807, 2.05) is 12.3 Å². The number of aromatic nitrogens is 2. The molecule has 0 radical (unpaired) electrons. The average Bonchev–Trinajstić information content (AvgIpc) is 3.04. The number of aromatic amines is 1. The zero-order valence-corrected chi connectivity index (χ0v) is 12.0. The molecule has 1 unspecified atom stereocenters. The van der Waals surface area contributed by atoms with E-state index in [4.69, 9.17) is 5.11 Å². The maximum atomic E-state index is 12.2. The van der Waals surface area contributed by atoms with Gasteiger partial charge >= 0.3 is 0 Å². The normalized spacial score (nSPS) is 12.4. The van der Waals surface area contributed by atoms with Gasteiger partial charge in [-0.1, -0.05) is 0 Å². The predicted molar refractivity (Wildman–Crippen MR) is 75.3 cm³/mol. The van der Waals surface area contributed by atoms with E-state index in [1.54, 1.807) is 37.6 Å². The number of nitrogens with zero attached hydrogens (tertiary/aromatic N) is 2. The number of aryl methyl sites for hydroxylation is 1. The molecule has 2 aromatic heterocycles. The van der Waals surface area contributed by atoms with Crippen molar-refractivity contribution in [2.45, 2.75) is 19.9 Å². The molecule has 0 bridgehead atoms. The van der Waals surface area contributed by atoms with E-state index < -0.39 is 0 Å². The first-order chi connectivity index (χ1) is 9.02. The minimum Gasteiger partial charge on any atom is -0.394 e. The molecule has 0 aliphatic heterocycles. The van der Waals surface area contributed by atoms with Crippen LogP contribution < -0.4 is 0 Å². The number of likely N-dealkylation sites (N-methyl/N-ethyl adjacent to an activating group) is 1. The molecule has 102 valence electrons. The Hall–Kier alpha value is -1.66. The summed E-state index contributed by atoms with van der Waals surface area (Å²) in [6.45, 7) is 3.69. The second kappa shape index (κ2) is 5.54. The molecule has 0 saturated heterocycles. The first kappa shape index (κ1) is 13.8. The highest BCUT2D eigenvalue weighted by Gasteiger charge is 2.18. The molecule has 2 aromatic rings. The van der Waals surface area contributed by atoms with Crippen molar-refractivity contribution in [3.63, 3.8) is 0 Å². The Morgan fingerprint density at radius 2 is 2.37 bits per heavy atom. The standard InChI is InChI=1S/C13H17N3O2S/c1-8(6-17)16(3)13(18)11-4-10(5-14-11)12-7-19-9(2)15-12/h4-5,7-8,14,17H,6H2,1-3H3. The lowest BCUT2D eigenvalue weighted by molar-refractivity contribution is 0.0677. The van der Waals surface area contributed by atoms with E-state index in [1.165, 1.54) is 4.90 Å². The molecular weight excluding hydrogens is 262 g/mol. The zero-order chi connectivity index (χ0) is 14.0. The summed E-state index contributed by atoms with van der Waals surface area (Å²) in [5.41, 5.74) is 2.27. The number of aliphatic hydroxyl groups excluding tert-OH is 1. The van der Waals surface area contributed by atoms with E-state index in [0.717, 1.165) is 16.3 Å². The van der Waals surface area contributed by atoms with Crippen LogP contribution in [0, 0.1) is 6.92 Å². The molecule has 19 heavy (non-hydrogen) atoms. The molecule has 0 aliphatic carbocycles. The fourth-order valence-electron chi connectivity index (χ4n) is 1.67. The molecule has 2 heterocycles. The number of hydrogen-bond donors (Lipinski definition) is 2. The molecule has 0 spiro atoms. The lowest BCUT2D eigenvalue weighted by Gasteiger charge is -2.22. The van der Waals surface area contributed by atoms with Gasteiger partial charge in [0.2, 0.25) is 0 Å². The highest BCUT2D eigenvalue weighted by atomic mass is 32.1. The molecule has 5 nitrogen and oxygen atoms in total. The van der Waals surface area contributed by atoms with Crippen LogP contribution in [-0.4, -0.2) is 45.6 Å². The van der Waals surface area contributed by atoms with Crippen LogP contribution in [0.3, 0.4) is 0 Å². The molecule has 2 N–H and O–H groups in total. The zero-order valence-electron chi connectivity index (χ0n) is 11.2. The molecule has 6 heteroatoms. The van der Waals surface area contributed by atoms with Gasteiger partial charge in [-0.15, -0.1) is 11.3 Å². The van der Waals surface area contributed by atoms with Crippen molar-refractivity contribution in [1.29, 1.82) is 0 Å². The van der Waals surface area contributed by atoms with Crippen molar-refractivity contribution in [3.8, 4) is 11.3 Å². The number of nitrogens with one attached hydrogen (secondary N) is 1. The number of carbonyl (C=O) groups is 1. The Balaban J connectivity index is 2.19. The lowest BCUT2D eigenvalue weighted by atomic mass is 10.2. The van der Waals surface area contributed by atoms with Crippen LogP contribution in [0.25, 0.3) is 11.3 Å². The van der Waals surface area contributed by atoms with Crippen molar-refractivity contribution in [3.05, 3.63) is 28.3 Å². The van der Waals surface area contributed by atoms with Crippen molar-refractivity contribution in [1.82, 2.24) is 14.9 Å². The summed E-state index contributed by atoms with van der Waals surface area (Å²) in [6, 6.07) is 1.58. The topological polar surface area (TPSA) is 69.2 Å². The van der Waals surface area contributed by atoms with Gasteiger partial charge in [-0.3, -0.25) is 4.79 Å². The van der Waals surface area contributed by atoms with E-state index in [0.29, 0.717) is 5.69 Å². The molecule has 1 amide bonds. The van der Waals surface area contributed by atoms with Gasteiger partial charge in [0.05, 0.1) is 23.4 Å². The first-order valence-corrected chi connectivity index (χ1v) is 6.90. The molecular formula is C13H17N3O2S. The second-order valence-corrected chi connectivity index (χ2v) is 5.56. The van der Waals surface area contributed by atoms with E-state index in [-0.39, 0.29) is 18.6 Å². The minimum atomic E-state index is -0.208. The van der Waals surface area contributed by atoms with Gasteiger partial charge in [0.15, 0.2) is 0 Å². The molecule has 2 rings (SSSR count). The SMILES string of the molecule is Cc1nc(-c2c[nH]c(C(=O)N(C)C(C)CO)c2)cs1. The third-order valence-electron chi connectivity index (χ3n) is 3.07. The number of H-pyrrole nitrogens is 1. The Labute approximate surface area is 115 Å². The van der Waals surface area contributed by atoms with Crippen LogP contribution in [0.2, 0.25) is 0 Å². The Kier molecular flexibility index (Phi) is 4.01. The van der Waals surface area contributed by atoms with Crippen LogP contribution in [0.5, 0.6) is 0 Å². The number of carbonyl (C=O) groups excluding carboxylic acids is 1. The monoisotopic (exact) mass is 279 g/mol. The fraction of sp³-hybridized carbons (Fsp3) is 0.385. The summed E-state index contributed by atoms with van der Waals surface area (Å²) in [5.74, 6) is -0.139.